The highest BCUT2D eigenvalue weighted by atomic mass is 16.3. The minimum Gasteiger partial charge on any atom is -0.387 e. The minimum atomic E-state index is -0.423. The fourth-order valence-electron chi connectivity index (χ4n) is 3.07. The van der Waals surface area contributed by atoms with Crippen LogP contribution in [0.4, 0.5) is 0 Å². The summed E-state index contributed by atoms with van der Waals surface area (Å²) in [6.07, 6.45) is 2.05. The third kappa shape index (κ3) is 3.60. The predicted molar refractivity (Wildman–Crippen MR) is 83.9 cm³/mol. The fourth-order valence-corrected chi connectivity index (χ4v) is 3.07. The molecule has 20 heavy (non-hydrogen) atoms. The maximum atomic E-state index is 10.6. The number of aliphatic hydroxyl groups is 1. The molecule has 0 amide bonds. The van der Waals surface area contributed by atoms with Crippen LogP contribution in [0.3, 0.4) is 0 Å². The van der Waals surface area contributed by atoms with Gasteiger partial charge in [-0.25, -0.2) is 0 Å². The molecule has 3 atom stereocenters. The van der Waals surface area contributed by atoms with Crippen molar-refractivity contribution in [3.63, 3.8) is 0 Å². The molecule has 0 radical (unpaired) electrons. The van der Waals surface area contributed by atoms with E-state index in [1.165, 1.54) is 24.9 Å². The van der Waals surface area contributed by atoms with Gasteiger partial charge in [-0.2, -0.15) is 0 Å². The first kappa shape index (κ1) is 15.5. The Morgan fingerprint density at radius 3 is 2.55 bits per heavy atom. The first-order valence-electron chi connectivity index (χ1n) is 7.64. The Morgan fingerprint density at radius 1 is 1.30 bits per heavy atom. The lowest BCUT2D eigenvalue weighted by molar-refractivity contribution is 0.0275. The molecule has 1 fully saturated rings. The summed E-state index contributed by atoms with van der Waals surface area (Å²) in [6, 6.07) is 8.90. The lowest BCUT2D eigenvalue weighted by Gasteiger charge is -2.40. The first-order chi connectivity index (χ1) is 9.49. The van der Waals surface area contributed by atoms with Gasteiger partial charge in [-0.05, 0) is 52.9 Å². The summed E-state index contributed by atoms with van der Waals surface area (Å²) in [5, 5.41) is 10.6. The molecule has 1 aromatic rings. The number of likely N-dealkylation sites (N-methyl/N-ethyl adjacent to an activating group) is 2. The summed E-state index contributed by atoms with van der Waals surface area (Å²) in [5.74, 6) is 0. The van der Waals surface area contributed by atoms with E-state index in [1.807, 2.05) is 12.1 Å². The number of benzene rings is 1. The number of hydrogen-bond acceptors (Lipinski definition) is 3. The van der Waals surface area contributed by atoms with Crippen LogP contribution in [-0.2, 0) is 0 Å². The second kappa shape index (κ2) is 6.70. The molecule has 1 aliphatic heterocycles. The van der Waals surface area contributed by atoms with Crippen LogP contribution in [0.5, 0.6) is 0 Å². The van der Waals surface area contributed by atoms with Crippen molar-refractivity contribution in [1.29, 1.82) is 0 Å². The van der Waals surface area contributed by atoms with Crippen molar-refractivity contribution < 1.29 is 5.11 Å². The molecule has 0 saturated carbocycles. The smallest absolute Gasteiger partial charge is 0.0942 e. The van der Waals surface area contributed by atoms with E-state index in [0.717, 1.165) is 12.1 Å². The second-order valence-electron chi connectivity index (χ2n) is 6.32. The molecular formula is C17H28N2O. The number of piperidine rings is 1. The number of nitrogens with zero attached hydrogens (tertiary/aromatic N) is 2. The summed E-state index contributed by atoms with van der Waals surface area (Å²) in [5.41, 5.74) is 2.25. The van der Waals surface area contributed by atoms with Gasteiger partial charge in [-0.3, -0.25) is 4.90 Å². The molecule has 1 saturated heterocycles. The van der Waals surface area contributed by atoms with Gasteiger partial charge in [-0.1, -0.05) is 29.8 Å². The van der Waals surface area contributed by atoms with Crippen LogP contribution in [0, 0.1) is 6.92 Å². The topological polar surface area (TPSA) is 26.7 Å². The molecule has 3 heteroatoms. The SMILES string of the molecule is Cc1ccc(C(O)C(C)N(C)C2CCCN(C)C2)cc1. The summed E-state index contributed by atoms with van der Waals surface area (Å²) in [4.78, 5) is 4.73. The predicted octanol–water partition coefficient (Wildman–Crippen LogP) is 2.44. The number of hydrogen-bond donors (Lipinski definition) is 1. The molecule has 2 rings (SSSR count). The molecule has 1 N–H and O–H groups in total. The van der Waals surface area contributed by atoms with Crippen LogP contribution in [0.25, 0.3) is 0 Å². The Balaban J connectivity index is 2.01. The third-order valence-electron chi connectivity index (χ3n) is 4.69. The van der Waals surface area contributed by atoms with E-state index >= 15 is 0 Å². The number of rotatable bonds is 4. The summed E-state index contributed by atoms with van der Waals surface area (Å²) >= 11 is 0. The highest BCUT2D eigenvalue weighted by molar-refractivity contribution is 5.24. The van der Waals surface area contributed by atoms with Crippen LogP contribution in [0.1, 0.15) is 37.0 Å². The van der Waals surface area contributed by atoms with Crippen molar-refractivity contribution in [2.24, 2.45) is 0 Å². The van der Waals surface area contributed by atoms with Gasteiger partial charge in [0.15, 0.2) is 0 Å². The lowest BCUT2D eigenvalue weighted by Crippen LogP contribution is -2.49. The lowest BCUT2D eigenvalue weighted by atomic mass is 9.98. The Kier molecular flexibility index (Phi) is 5.19. The van der Waals surface area contributed by atoms with E-state index in [0.29, 0.717) is 6.04 Å². The Hall–Kier alpha value is -0.900. The van der Waals surface area contributed by atoms with E-state index in [1.54, 1.807) is 0 Å². The molecule has 1 aromatic carbocycles. The van der Waals surface area contributed by atoms with E-state index in [-0.39, 0.29) is 6.04 Å². The van der Waals surface area contributed by atoms with Crippen molar-refractivity contribution in [3.8, 4) is 0 Å². The van der Waals surface area contributed by atoms with Crippen molar-refractivity contribution in [3.05, 3.63) is 35.4 Å². The first-order valence-corrected chi connectivity index (χ1v) is 7.64. The van der Waals surface area contributed by atoms with E-state index in [9.17, 15) is 5.11 Å². The van der Waals surface area contributed by atoms with Crippen molar-refractivity contribution in [2.45, 2.75) is 44.9 Å². The normalized spacial score (nSPS) is 23.8. The van der Waals surface area contributed by atoms with Gasteiger partial charge in [-0.15, -0.1) is 0 Å². The molecule has 3 nitrogen and oxygen atoms in total. The average molecular weight is 276 g/mol. The molecule has 1 aliphatic rings. The molecule has 0 bridgehead atoms. The summed E-state index contributed by atoms with van der Waals surface area (Å²) in [6.45, 7) is 6.49. The Morgan fingerprint density at radius 2 is 1.95 bits per heavy atom. The number of aliphatic hydroxyl groups excluding tert-OH is 1. The van der Waals surface area contributed by atoms with Gasteiger partial charge < -0.3 is 10.0 Å². The van der Waals surface area contributed by atoms with Crippen molar-refractivity contribution in [1.82, 2.24) is 9.80 Å². The Labute approximate surface area is 123 Å². The third-order valence-corrected chi connectivity index (χ3v) is 4.69. The molecule has 1 heterocycles. The van der Waals surface area contributed by atoms with Crippen LogP contribution >= 0.6 is 0 Å². The van der Waals surface area contributed by atoms with Gasteiger partial charge in [0, 0.05) is 18.6 Å². The van der Waals surface area contributed by atoms with Crippen LogP contribution in [0.15, 0.2) is 24.3 Å². The molecular weight excluding hydrogens is 248 g/mol. The quantitative estimate of drug-likeness (QED) is 0.915. The van der Waals surface area contributed by atoms with E-state index < -0.39 is 6.10 Å². The van der Waals surface area contributed by atoms with Gasteiger partial charge in [0.25, 0.3) is 0 Å². The van der Waals surface area contributed by atoms with Gasteiger partial charge in [0.1, 0.15) is 0 Å². The maximum Gasteiger partial charge on any atom is 0.0942 e. The Bertz CT molecular complexity index is 418. The molecule has 3 unspecified atom stereocenters. The highest BCUT2D eigenvalue weighted by Crippen LogP contribution is 2.24. The average Bonchev–Trinajstić information content (AvgIpc) is 2.46. The van der Waals surface area contributed by atoms with Crippen molar-refractivity contribution in [2.75, 3.05) is 27.2 Å². The van der Waals surface area contributed by atoms with Gasteiger partial charge >= 0.3 is 0 Å². The minimum absolute atomic E-state index is 0.134. The van der Waals surface area contributed by atoms with Crippen molar-refractivity contribution >= 4 is 0 Å². The van der Waals surface area contributed by atoms with Gasteiger partial charge in [0.05, 0.1) is 6.10 Å². The number of likely N-dealkylation sites (tertiary alicyclic amines) is 1. The monoisotopic (exact) mass is 276 g/mol. The largest absolute Gasteiger partial charge is 0.387 e. The van der Waals surface area contributed by atoms with E-state index in [2.05, 4.69) is 49.9 Å². The van der Waals surface area contributed by atoms with Gasteiger partial charge in [0.2, 0.25) is 0 Å². The van der Waals surface area contributed by atoms with Crippen LogP contribution < -0.4 is 0 Å². The summed E-state index contributed by atoms with van der Waals surface area (Å²) < 4.78 is 0. The zero-order chi connectivity index (χ0) is 14.7. The summed E-state index contributed by atoms with van der Waals surface area (Å²) in [7, 11) is 4.33. The molecule has 0 spiro atoms. The van der Waals surface area contributed by atoms with Crippen LogP contribution in [-0.4, -0.2) is 54.2 Å². The highest BCUT2D eigenvalue weighted by Gasteiger charge is 2.28. The zero-order valence-corrected chi connectivity index (χ0v) is 13.2. The molecule has 0 aromatic heterocycles. The second-order valence-corrected chi connectivity index (χ2v) is 6.32. The maximum absolute atomic E-state index is 10.6. The molecule has 0 aliphatic carbocycles. The van der Waals surface area contributed by atoms with E-state index in [4.69, 9.17) is 0 Å². The number of aryl methyl sites for hydroxylation is 1. The standard InChI is InChI=1S/C17H28N2O/c1-13-7-9-15(10-8-13)17(20)14(2)19(4)16-6-5-11-18(3)12-16/h7-10,14,16-17,20H,5-6,11-12H2,1-4H3. The zero-order valence-electron chi connectivity index (χ0n) is 13.2. The fraction of sp³-hybridized carbons (Fsp3) is 0.647. The molecule has 112 valence electrons. The van der Waals surface area contributed by atoms with Crippen LogP contribution in [0.2, 0.25) is 0 Å².